The number of benzene rings is 2. The lowest BCUT2D eigenvalue weighted by Gasteiger charge is -2.02. The molecule has 2 aromatic carbocycles. The fourth-order valence-electron chi connectivity index (χ4n) is 1.57. The second-order valence-electron chi connectivity index (χ2n) is 4.24. The number of nitrogens with one attached hydrogen (secondary N) is 1. The summed E-state index contributed by atoms with van der Waals surface area (Å²) in [6, 6.07) is 15.5. The van der Waals surface area contributed by atoms with Gasteiger partial charge in [0.2, 0.25) is 5.91 Å². The topological polar surface area (TPSA) is 29.1 Å². The molecule has 0 aromatic heterocycles. The summed E-state index contributed by atoms with van der Waals surface area (Å²) in [6.07, 6.45) is 3.32. The lowest BCUT2D eigenvalue weighted by molar-refractivity contribution is -0.111. The molecule has 19 heavy (non-hydrogen) atoms. The van der Waals surface area contributed by atoms with Gasteiger partial charge in [-0.15, -0.1) is 0 Å². The molecule has 0 radical (unpaired) electrons. The molecule has 0 fully saturated rings. The van der Waals surface area contributed by atoms with Gasteiger partial charge in [-0.3, -0.25) is 4.79 Å². The molecule has 3 heteroatoms. The average molecular weight is 316 g/mol. The fourth-order valence-corrected chi connectivity index (χ4v) is 1.83. The molecule has 0 unspecified atom stereocenters. The zero-order valence-electron chi connectivity index (χ0n) is 10.6. The van der Waals surface area contributed by atoms with Crippen LogP contribution >= 0.6 is 15.9 Å². The van der Waals surface area contributed by atoms with Crippen molar-refractivity contribution >= 4 is 33.6 Å². The number of carbonyl (C=O) groups excluding carboxylic acids is 1. The molecule has 2 nitrogen and oxygen atoms in total. The Balaban J connectivity index is 1.97. The molecule has 0 atom stereocenters. The average Bonchev–Trinajstić information content (AvgIpc) is 2.41. The Morgan fingerprint density at radius 2 is 1.68 bits per heavy atom. The van der Waals surface area contributed by atoms with Gasteiger partial charge in [0.25, 0.3) is 0 Å². The molecule has 0 aliphatic heterocycles. The summed E-state index contributed by atoms with van der Waals surface area (Å²) in [4.78, 5) is 11.7. The van der Waals surface area contributed by atoms with Gasteiger partial charge in [-0.1, -0.05) is 45.8 Å². The van der Waals surface area contributed by atoms with Gasteiger partial charge in [0.1, 0.15) is 0 Å². The highest BCUT2D eigenvalue weighted by atomic mass is 79.9. The summed E-state index contributed by atoms with van der Waals surface area (Å²) in [5.74, 6) is -0.133. The predicted octanol–water partition coefficient (Wildman–Crippen LogP) is 4.41. The first-order valence-corrected chi connectivity index (χ1v) is 6.74. The third-order valence-corrected chi connectivity index (χ3v) is 3.14. The van der Waals surface area contributed by atoms with Gasteiger partial charge in [0, 0.05) is 16.2 Å². The Morgan fingerprint density at radius 3 is 2.32 bits per heavy atom. The molecule has 0 heterocycles. The second-order valence-corrected chi connectivity index (χ2v) is 5.16. The maximum absolute atomic E-state index is 11.7. The van der Waals surface area contributed by atoms with Crippen molar-refractivity contribution in [2.45, 2.75) is 6.92 Å². The number of halogens is 1. The van der Waals surface area contributed by atoms with Gasteiger partial charge in [-0.05, 0) is 42.8 Å². The van der Waals surface area contributed by atoms with Crippen molar-refractivity contribution in [1.29, 1.82) is 0 Å². The predicted molar refractivity (Wildman–Crippen MR) is 83.0 cm³/mol. The van der Waals surface area contributed by atoms with Gasteiger partial charge >= 0.3 is 0 Å². The maximum atomic E-state index is 11.7. The van der Waals surface area contributed by atoms with Crippen LogP contribution < -0.4 is 5.32 Å². The molecule has 2 rings (SSSR count). The molecule has 2 aromatic rings. The third kappa shape index (κ3) is 4.38. The first-order chi connectivity index (χ1) is 9.13. The molecule has 1 N–H and O–H groups in total. The number of aryl methyl sites for hydroxylation is 1. The third-order valence-electron chi connectivity index (χ3n) is 2.62. The van der Waals surface area contributed by atoms with Crippen LogP contribution in [0.3, 0.4) is 0 Å². The molecule has 1 amide bonds. The fraction of sp³-hybridized carbons (Fsp3) is 0.0625. The van der Waals surface area contributed by atoms with Crippen LogP contribution in [0.5, 0.6) is 0 Å². The maximum Gasteiger partial charge on any atom is 0.248 e. The van der Waals surface area contributed by atoms with Crippen LogP contribution in [0.25, 0.3) is 6.08 Å². The van der Waals surface area contributed by atoms with Crippen LogP contribution in [0.15, 0.2) is 59.1 Å². The largest absolute Gasteiger partial charge is 0.323 e. The molecular weight excluding hydrogens is 302 g/mol. The van der Waals surface area contributed by atoms with E-state index >= 15 is 0 Å². The van der Waals surface area contributed by atoms with E-state index in [0.29, 0.717) is 0 Å². The molecule has 0 bridgehead atoms. The zero-order chi connectivity index (χ0) is 13.7. The van der Waals surface area contributed by atoms with Crippen molar-refractivity contribution in [2.75, 3.05) is 5.32 Å². The van der Waals surface area contributed by atoms with Crippen LogP contribution in [0.1, 0.15) is 11.1 Å². The van der Waals surface area contributed by atoms with Crippen molar-refractivity contribution in [3.8, 4) is 0 Å². The lowest BCUT2D eigenvalue weighted by atomic mass is 10.2. The van der Waals surface area contributed by atoms with E-state index in [9.17, 15) is 4.79 Å². The molecule has 0 saturated heterocycles. The van der Waals surface area contributed by atoms with E-state index in [2.05, 4.69) is 21.2 Å². The van der Waals surface area contributed by atoms with Crippen molar-refractivity contribution in [3.63, 3.8) is 0 Å². The van der Waals surface area contributed by atoms with Crippen molar-refractivity contribution in [1.82, 2.24) is 0 Å². The summed E-state index contributed by atoms with van der Waals surface area (Å²) in [7, 11) is 0. The Labute approximate surface area is 121 Å². The highest BCUT2D eigenvalue weighted by molar-refractivity contribution is 9.10. The highest BCUT2D eigenvalue weighted by Crippen LogP contribution is 2.12. The van der Waals surface area contributed by atoms with E-state index in [1.54, 1.807) is 6.08 Å². The summed E-state index contributed by atoms with van der Waals surface area (Å²) in [6.45, 7) is 2.01. The standard InChI is InChI=1S/C16H14BrNO/c1-12-2-9-15(10-3-12)18-16(19)11-6-13-4-7-14(17)8-5-13/h2-11H,1H3,(H,18,19)/b11-6+. The smallest absolute Gasteiger partial charge is 0.248 e. The SMILES string of the molecule is Cc1ccc(NC(=O)/C=C/c2ccc(Br)cc2)cc1. The summed E-state index contributed by atoms with van der Waals surface area (Å²) in [5.41, 5.74) is 2.96. The van der Waals surface area contributed by atoms with Crippen molar-refractivity contribution in [2.24, 2.45) is 0 Å². The molecule has 0 spiro atoms. The first kappa shape index (κ1) is 13.6. The van der Waals surface area contributed by atoms with E-state index in [1.165, 1.54) is 11.6 Å². The van der Waals surface area contributed by atoms with Crippen molar-refractivity contribution < 1.29 is 4.79 Å². The Bertz CT molecular complexity index is 585. The van der Waals surface area contributed by atoms with E-state index in [4.69, 9.17) is 0 Å². The Kier molecular flexibility index (Phi) is 4.53. The highest BCUT2D eigenvalue weighted by Gasteiger charge is 1.97. The van der Waals surface area contributed by atoms with Crippen LogP contribution in [0, 0.1) is 6.92 Å². The number of carbonyl (C=O) groups is 1. The number of hydrogen-bond donors (Lipinski definition) is 1. The van der Waals surface area contributed by atoms with Gasteiger partial charge < -0.3 is 5.32 Å². The van der Waals surface area contributed by atoms with E-state index < -0.39 is 0 Å². The summed E-state index contributed by atoms with van der Waals surface area (Å²) >= 11 is 3.37. The lowest BCUT2D eigenvalue weighted by Crippen LogP contribution is -2.07. The molecule has 96 valence electrons. The van der Waals surface area contributed by atoms with Gasteiger partial charge in [0.05, 0.1) is 0 Å². The number of rotatable bonds is 3. The van der Waals surface area contributed by atoms with Crippen LogP contribution in [0.2, 0.25) is 0 Å². The van der Waals surface area contributed by atoms with Gasteiger partial charge in [-0.25, -0.2) is 0 Å². The summed E-state index contributed by atoms with van der Waals surface area (Å²) < 4.78 is 1.02. The minimum Gasteiger partial charge on any atom is -0.323 e. The Morgan fingerprint density at radius 1 is 1.05 bits per heavy atom. The Hall–Kier alpha value is -1.87. The molecule has 0 saturated carbocycles. The minimum absolute atomic E-state index is 0.133. The van der Waals surface area contributed by atoms with Crippen LogP contribution in [0.4, 0.5) is 5.69 Å². The van der Waals surface area contributed by atoms with Gasteiger partial charge in [-0.2, -0.15) is 0 Å². The summed E-state index contributed by atoms with van der Waals surface area (Å²) in [5, 5.41) is 2.82. The quantitative estimate of drug-likeness (QED) is 0.835. The minimum atomic E-state index is -0.133. The van der Waals surface area contributed by atoms with E-state index in [-0.39, 0.29) is 5.91 Å². The number of hydrogen-bond acceptors (Lipinski definition) is 1. The first-order valence-electron chi connectivity index (χ1n) is 5.95. The monoisotopic (exact) mass is 315 g/mol. The second kappa shape index (κ2) is 6.34. The molecule has 0 aliphatic rings. The normalized spacial score (nSPS) is 10.6. The van der Waals surface area contributed by atoms with E-state index in [0.717, 1.165) is 15.7 Å². The van der Waals surface area contributed by atoms with Crippen LogP contribution in [-0.4, -0.2) is 5.91 Å². The van der Waals surface area contributed by atoms with Crippen LogP contribution in [-0.2, 0) is 4.79 Å². The van der Waals surface area contributed by atoms with E-state index in [1.807, 2.05) is 55.5 Å². The molecule has 0 aliphatic carbocycles. The number of amides is 1. The number of anilines is 1. The van der Waals surface area contributed by atoms with Crippen molar-refractivity contribution in [3.05, 3.63) is 70.2 Å². The molecular formula is C16H14BrNO. The van der Waals surface area contributed by atoms with Gasteiger partial charge in [0.15, 0.2) is 0 Å². The zero-order valence-corrected chi connectivity index (χ0v) is 12.1.